The number of aryl methyl sites for hydroxylation is 1. The molecule has 1 aliphatic heterocycles. The molecule has 0 radical (unpaired) electrons. The summed E-state index contributed by atoms with van der Waals surface area (Å²) < 4.78 is 19.5. The number of carbonyl (C=O) groups is 2. The van der Waals surface area contributed by atoms with Gasteiger partial charge in [0.25, 0.3) is 11.8 Å². The Morgan fingerprint density at radius 1 is 1.00 bits per heavy atom. The molecular formula is C27H30FN5O3. The zero-order chi connectivity index (χ0) is 25.5. The Morgan fingerprint density at radius 2 is 1.64 bits per heavy atom. The number of amides is 2. The number of likely N-dealkylation sites (tertiary alicyclic amines) is 1. The van der Waals surface area contributed by atoms with Crippen LogP contribution >= 0.6 is 0 Å². The predicted octanol–water partition coefficient (Wildman–Crippen LogP) is 3.26. The number of nitrogens with zero attached hydrogens (tertiary/aromatic N) is 3. The molecule has 2 N–H and O–H groups in total. The van der Waals surface area contributed by atoms with E-state index < -0.39 is 11.8 Å². The van der Waals surface area contributed by atoms with E-state index in [2.05, 4.69) is 32.5 Å². The smallest absolute Gasteiger partial charge is 0.270 e. The fourth-order valence-electron chi connectivity index (χ4n) is 4.06. The summed E-state index contributed by atoms with van der Waals surface area (Å²) in [6, 6.07) is 13.6. The van der Waals surface area contributed by atoms with Gasteiger partial charge in [0.15, 0.2) is 0 Å². The second-order valence-corrected chi connectivity index (χ2v) is 9.03. The molecule has 8 nitrogen and oxygen atoms in total. The molecule has 36 heavy (non-hydrogen) atoms. The molecule has 1 saturated heterocycles. The second-order valence-electron chi connectivity index (χ2n) is 9.03. The number of hydrogen-bond donors (Lipinski definition) is 2. The molecule has 1 aliphatic rings. The summed E-state index contributed by atoms with van der Waals surface area (Å²) in [5.41, 5.74) is 2.34. The summed E-state index contributed by atoms with van der Waals surface area (Å²) in [7, 11) is 2.10. The van der Waals surface area contributed by atoms with E-state index in [4.69, 9.17) is 4.74 Å². The third-order valence-electron chi connectivity index (χ3n) is 6.07. The average Bonchev–Trinajstić information content (AvgIpc) is 2.88. The van der Waals surface area contributed by atoms with Crippen LogP contribution < -0.4 is 15.4 Å². The zero-order valence-corrected chi connectivity index (χ0v) is 20.5. The lowest BCUT2D eigenvalue weighted by molar-refractivity contribution is 0.0944. The molecule has 0 spiro atoms. The van der Waals surface area contributed by atoms with Crippen LogP contribution in [-0.4, -0.2) is 52.9 Å². The number of benzene rings is 2. The molecule has 1 atom stereocenters. The molecule has 2 heterocycles. The summed E-state index contributed by atoms with van der Waals surface area (Å²) >= 11 is 0. The fourth-order valence-corrected chi connectivity index (χ4v) is 4.06. The third kappa shape index (κ3) is 6.85. The van der Waals surface area contributed by atoms with Gasteiger partial charge in [-0.1, -0.05) is 24.3 Å². The molecule has 0 saturated carbocycles. The van der Waals surface area contributed by atoms with Crippen molar-refractivity contribution in [2.75, 3.05) is 20.1 Å². The summed E-state index contributed by atoms with van der Waals surface area (Å²) in [5, 5.41) is 5.54. The highest BCUT2D eigenvalue weighted by Gasteiger charge is 2.18. The molecule has 1 aromatic heterocycles. The van der Waals surface area contributed by atoms with Crippen LogP contribution in [0.1, 0.15) is 50.5 Å². The zero-order valence-electron chi connectivity index (χ0n) is 20.5. The summed E-state index contributed by atoms with van der Waals surface area (Å²) in [5.74, 6) is -0.347. The lowest BCUT2D eigenvalue weighted by Gasteiger charge is -2.30. The van der Waals surface area contributed by atoms with Crippen LogP contribution in [0.3, 0.4) is 0 Å². The van der Waals surface area contributed by atoms with Crippen molar-refractivity contribution in [3.05, 3.63) is 88.8 Å². The van der Waals surface area contributed by atoms with E-state index in [0.717, 1.165) is 42.8 Å². The lowest BCUT2D eigenvalue weighted by Crippen LogP contribution is -2.38. The van der Waals surface area contributed by atoms with Gasteiger partial charge in [0.05, 0.1) is 0 Å². The summed E-state index contributed by atoms with van der Waals surface area (Å²) in [4.78, 5) is 35.3. The fraction of sp³-hybridized carbons (Fsp3) is 0.333. The minimum absolute atomic E-state index is 0.0730. The van der Waals surface area contributed by atoms with Gasteiger partial charge in [0.2, 0.25) is 0 Å². The van der Waals surface area contributed by atoms with Gasteiger partial charge in [-0.05, 0) is 68.2 Å². The van der Waals surface area contributed by atoms with Crippen LogP contribution in [0.5, 0.6) is 5.75 Å². The number of piperidine rings is 1. The quantitative estimate of drug-likeness (QED) is 0.502. The van der Waals surface area contributed by atoms with Crippen molar-refractivity contribution in [2.45, 2.75) is 39.0 Å². The molecule has 4 rings (SSSR count). The van der Waals surface area contributed by atoms with Gasteiger partial charge < -0.3 is 20.3 Å². The Bertz CT molecular complexity index is 1220. The Morgan fingerprint density at radius 3 is 2.28 bits per heavy atom. The van der Waals surface area contributed by atoms with Crippen molar-refractivity contribution < 1.29 is 18.7 Å². The first-order valence-corrected chi connectivity index (χ1v) is 11.9. The standard InChI is InChI=1S/C27H30FN5O3/c1-18-12-20(7-10-23(18)28)15-30-27(35)25-13-24(31-17-32-25)26(34)29-14-19-5-8-21(9-6-19)36-22-4-3-11-33(2)16-22/h5-10,12-13,17,22H,3-4,11,14-16H2,1-2H3,(H,29,34)(H,30,35). The highest BCUT2D eigenvalue weighted by molar-refractivity contribution is 5.97. The van der Waals surface area contributed by atoms with E-state index in [1.54, 1.807) is 19.1 Å². The van der Waals surface area contributed by atoms with E-state index in [1.165, 1.54) is 18.5 Å². The number of aromatic nitrogens is 2. The SMILES string of the molecule is Cc1cc(CNC(=O)c2cc(C(=O)NCc3ccc(OC4CCCN(C)C4)cc3)ncn2)ccc1F. The second kappa shape index (κ2) is 11.7. The number of halogens is 1. The number of rotatable bonds is 8. The molecule has 2 aromatic carbocycles. The Hall–Kier alpha value is -3.85. The first-order valence-electron chi connectivity index (χ1n) is 11.9. The summed E-state index contributed by atoms with van der Waals surface area (Å²) in [6.45, 7) is 4.20. The van der Waals surface area contributed by atoms with E-state index in [-0.39, 0.29) is 29.9 Å². The Kier molecular flexibility index (Phi) is 8.22. The number of hydrogen-bond acceptors (Lipinski definition) is 6. The van der Waals surface area contributed by atoms with Crippen LogP contribution in [0.4, 0.5) is 4.39 Å². The van der Waals surface area contributed by atoms with Gasteiger partial charge in [-0.3, -0.25) is 9.59 Å². The topological polar surface area (TPSA) is 96.5 Å². The van der Waals surface area contributed by atoms with E-state index in [9.17, 15) is 14.0 Å². The van der Waals surface area contributed by atoms with E-state index >= 15 is 0 Å². The maximum atomic E-state index is 13.4. The highest BCUT2D eigenvalue weighted by Crippen LogP contribution is 2.18. The number of ether oxygens (including phenoxy) is 1. The van der Waals surface area contributed by atoms with Gasteiger partial charge in [-0.25, -0.2) is 14.4 Å². The largest absolute Gasteiger partial charge is 0.489 e. The molecular weight excluding hydrogens is 461 g/mol. The van der Waals surface area contributed by atoms with E-state index in [0.29, 0.717) is 12.1 Å². The lowest BCUT2D eigenvalue weighted by atomic mass is 10.1. The van der Waals surface area contributed by atoms with Crippen LogP contribution in [0, 0.1) is 12.7 Å². The van der Waals surface area contributed by atoms with Gasteiger partial charge in [0.1, 0.15) is 35.4 Å². The normalized spacial score (nSPS) is 15.8. The maximum absolute atomic E-state index is 13.4. The number of likely N-dealkylation sites (N-methyl/N-ethyl adjacent to an activating group) is 1. The number of nitrogens with one attached hydrogen (secondary N) is 2. The average molecular weight is 492 g/mol. The minimum atomic E-state index is -0.451. The molecule has 9 heteroatoms. The Labute approximate surface area is 209 Å². The van der Waals surface area contributed by atoms with Crippen LogP contribution in [0.15, 0.2) is 54.9 Å². The molecule has 1 unspecified atom stereocenters. The minimum Gasteiger partial charge on any atom is -0.489 e. The molecule has 0 bridgehead atoms. The highest BCUT2D eigenvalue weighted by atomic mass is 19.1. The molecule has 2 amide bonds. The van der Waals surface area contributed by atoms with Crippen LogP contribution in [-0.2, 0) is 13.1 Å². The van der Waals surface area contributed by atoms with Gasteiger partial charge >= 0.3 is 0 Å². The Balaban J connectivity index is 1.28. The third-order valence-corrected chi connectivity index (χ3v) is 6.07. The van der Waals surface area contributed by atoms with E-state index in [1.807, 2.05) is 24.3 Å². The van der Waals surface area contributed by atoms with Crippen molar-refractivity contribution in [1.82, 2.24) is 25.5 Å². The first kappa shape index (κ1) is 25.2. The monoisotopic (exact) mass is 491 g/mol. The maximum Gasteiger partial charge on any atom is 0.270 e. The molecule has 1 fully saturated rings. The number of carbonyl (C=O) groups excluding carboxylic acids is 2. The molecule has 3 aromatic rings. The van der Waals surface area contributed by atoms with Gasteiger partial charge in [-0.2, -0.15) is 0 Å². The van der Waals surface area contributed by atoms with Crippen molar-refractivity contribution >= 4 is 11.8 Å². The molecule has 0 aliphatic carbocycles. The van der Waals surface area contributed by atoms with Crippen LogP contribution in [0.2, 0.25) is 0 Å². The molecule has 188 valence electrons. The summed E-state index contributed by atoms with van der Waals surface area (Å²) in [6.07, 6.45) is 3.55. The van der Waals surface area contributed by atoms with Crippen LogP contribution in [0.25, 0.3) is 0 Å². The van der Waals surface area contributed by atoms with Crippen molar-refractivity contribution in [1.29, 1.82) is 0 Å². The first-order chi connectivity index (χ1) is 17.4. The van der Waals surface area contributed by atoms with Gasteiger partial charge in [0, 0.05) is 25.7 Å². The predicted molar refractivity (Wildman–Crippen MR) is 133 cm³/mol. The van der Waals surface area contributed by atoms with Crippen molar-refractivity contribution in [2.24, 2.45) is 0 Å². The van der Waals surface area contributed by atoms with Crippen molar-refractivity contribution in [3.63, 3.8) is 0 Å². The van der Waals surface area contributed by atoms with Crippen molar-refractivity contribution in [3.8, 4) is 5.75 Å². The van der Waals surface area contributed by atoms with Gasteiger partial charge in [-0.15, -0.1) is 0 Å².